The van der Waals surface area contributed by atoms with Crippen molar-refractivity contribution >= 4 is 27.5 Å². The number of hydrogen-bond acceptors (Lipinski definition) is 2. The third-order valence-corrected chi connectivity index (χ3v) is 4.71. The van der Waals surface area contributed by atoms with Gasteiger partial charge in [0.15, 0.2) is 0 Å². The average molecular weight is 354 g/mol. The van der Waals surface area contributed by atoms with Crippen LogP contribution in [-0.2, 0) is 6.42 Å². The van der Waals surface area contributed by atoms with E-state index < -0.39 is 0 Å². The van der Waals surface area contributed by atoms with Crippen LogP contribution in [0.15, 0.2) is 46.9 Å². The second-order valence-electron chi connectivity index (χ2n) is 4.76. The van der Waals surface area contributed by atoms with E-state index in [-0.39, 0.29) is 11.5 Å². The first-order valence-corrected chi connectivity index (χ1v) is 7.64. The Morgan fingerprint density at radius 3 is 2.80 bits per heavy atom. The third-order valence-electron chi connectivity index (χ3n) is 3.50. The lowest BCUT2D eigenvalue weighted by Gasteiger charge is -2.19. The van der Waals surface area contributed by atoms with Gasteiger partial charge in [-0.25, -0.2) is 0 Å². The van der Waals surface area contributed by atoms with Gasteiger partial charge in [0.2, 0.25) is 0 Å². The number of alkyl halides is 1. The zero-order chi connectivity index (χ0) is 14.1. The topological polar surface area (TPSA) is 18.5 Å². The lowest BCUT2D eigenvalue weighted by atomic mass is 10.0. The van der Waals surface area contributed by atoms with Crippen molar-refractivity contribution in [2.75, 3.05) is 7.11 Å². The van der Waals surface area contributed by atoms with E-state index >= 15 is 0 Å². The van der Waals surface area contributed by atoms with Gasteiger partial charge in [0.25, 0.3) is 0 Å². The highest BCUT2D eigenvalue weighted by Gasteiger charge is 2.31. The lowest BCUT2D eigenvalue weighted by molar-refractivity contribution is 0.227. The summed E-state index contributed by atoms with van der Waals surface area (Å²) in [6.07, 6.45) is 0.793. The molecule has 2 unspecified atom stereocenters. The molecule has 0 amide bonds. The molecule has 2 nitrogen and oxygen atoms in total. The van der Waals surface area contributed by atoms with Gasteiger partial charge in [0, 0.05) is 10.9 Å². The van der Waals surface area contributed by atoms with Gasteiger partial charge in [0.1, 0.15) is 17.6 Å². The van der Waals surface area contributed by atoms with E-state index in [1.54, 1.807) is 7.11 Å². The van der Waals surface area contributed by atoms with Gasteiger partial charge >= 0.3 is 0 Å². The molecule has 0 fully saturated rings. The molecule has 0 spiro atoms. The summed E-state index contributed by atoms with van der Waals surface area (Å²) in [5.74, 6) is 1.74. The van der Waals surface area contributed by atoms with Crippen molar-refractivity contribution in [3.63, 3.8) is 0 Å². The molecule has 104 valence electrons. The fourth-order valence-electron chi connectivity index (χ4n) is 2.43. The Balaban J connectivity index is 1.82. The molecule has 1 aliphatic rings. The molecule has 2 aromatic carbocycles. The Morgan fingerprint density at radius 1 is 1.30 bits per heavy atom. The fourth-order valence-corrected chi connectivity index (χ4v) is 3.50. The normalized spacial score (nSPS) is 18.2. The van der Waals surface area contributed by atoms with Crippen LogP contribution in [0.4, 0.5) is 0 Å². The summed E-state index contributed by atoms with van der Waals surface area (Å²) in [4.78, 5) is 0. The maximum Gasteiger partial charge on any atom is 0.123 e. The molecule has 0 N–H and O–H groups in total. The van der Waals surface area contributed by atoms with Crippen LogP contribution in [0.25, 0.3) is 0 Å². The van der Waals surface area contributed by atoms with Crippen molar-refractivity contribution in [1.29, 1.82) is 0 Å². The summed E-state index contributed by atoms with van der Waals surface area (Å²) < 4.78 is 12.1. The fraction of sp³-hybridized carbons (Fsp3) is 0.250. The first-order valence-electron chi connectivity index (χ1n) is 6.41. The van der Waals surface area contributed by atoms with Gasteiger partial charge in [-0.1, -0.05) is 40.2 Å². The van der Waals surface area contributed by atoms with Crippen molar-refractivity contribution in [1.82, 2.24) is 0 Å². The molecular weight excluding hydrogens is 340 g/mol. The zero-order valence-electron chi connectivity index (χ0n) is 11.0. The Hall–Kier alpha value is -1.19. The summed E-state index contributed by atoms with van der Waals surface area (Å²) in [5, 5.41) is -0.206. The average Bonchev–Trinajstić information content (AvgIpc) is 2.90. The van der Waals surface area contributed by atoms with E-state index in [1.165, 1.54) is 5.56 Å². The van der Waals surface area contributed by atoms with Crippen LogP contribution in [0.3, 0.4) is 0 Å². The Kier molecular flexibility index (Phi) is 3.90. The first-order chi connectivity index (χ1) is 9.69. The van der Waals surface area contributed by atoms with Crippen LogP contribution >= 0.6 is 27.5 Å². The molecule has 20 heavy (non-hydrogen) atoms. The molecule has 0 saturated carbocycles. The molecule has 0 aromatic heterocycles. The summed E-state index contributed by atoms with van der Waals surface area (Å²) >= 11 is 10.2. The third kappa shape index (κ3) is 2.52. The summed E-state index contributed by atoms with van der Waals surface area (Å²) in [6.45, 7) is 0. The molecule has 0 aliphatic carbocycles. The smallest absolute Gasteiger partial charge is 0.123 e. The number of benzene rings is 2. The lowest BCUT2D eigenvalue weighted by Crippen LogP contribution is -2.19. The molecule has 2 aromatic rings. The zero-order valence-corrected chi connectivity index (χ0v) is 13.3. The standard InChI is InChI=1S/C16H14BrClO2/c1-19-11-6-7-12(13(17)9-11)16(18)15-8-10-4-2-3-5-14(10)20-15/h2-7,9,15-16H,8H2,1H3. The van der Waals surface area contributed by atoms with E-state index in [0.717, 1.165) is 28.0 Å². The molecule has 0 bridgehead atoms. The second-order valence-corrected chi connectivity index (χ2v) is 6.08. The molecule has 0 saturated heterocycles. The van der Waals surface area contributed by atoms with Crippen molar-refractivity contribution in [3.05, 3.63) is 58.1 Å². The predicted octanol–water partition coefficient (Wildman–Crippen LogP) is 4.74. The van der Waals surface area contributed by atoms with Crippen LogP contribution in [0.5, 0.6) is 11.5 Å². The Morgan fingerprint density at radius 2 is 2.10 bits per heavy atom. The van der Waals surface area contributed by atoms with Crippen molar-refractivity contribution < 1.29 is 9.47 Å². The van der Waals surface area contributed by atoms with E-state index in [4.69, 9.17) is 21.1 Å². The van der Waals surface area contributed by atoms with E-state index in [2.05, 4.69) is 22.0 Å². The molecule has 0 radical (unpaired) electrons. The monoisotopic (exact) mass is 352 g/mol. The van der Waals surface area contributed by atoms with Gasteiger partial charge in [-0.15, -0.1) is 11.6 Å². The SMILES string of the molecule is COc1ccc(C(Cl)C2Cc3ccccc3O2)c(Br)c1. The number of halogens is 2. The molecule has 3 rings (SSSR count). The Labute approximate surface area is 131 Å². The summed E-state index contributed by atoms with van der Waals surface area (Å²) in [6, 6.07) is 13.9. The van der Waals surface area contributed by atoms with Crippen LogP contribution in [0.1, 0.15) is 16.5 Å². The van der Waals surface area contributed by atoms with Gasteiger partial charge in [-0.2, -0.15) is 0 Å². The molecular formula is C16H14BrClO2. The van der Waals surface area contributed by atoms with E-state index in [9.17, 15) is 0 Å². The first kappa shape index (κ1) is 13.8. The highest BCUT2D eigenvalue weighted by molar-refractivity contribution is 9.10. The molecule has 4 heteroatoms. The maximum absolute atomic E-state index is 6.61. The quantitative estimate of drug-likeness (QED) is 0.742. The molecule has 2 atom stereocenters. The summed E-state index contributed by atoms with van der Waals surface area (Å²) in [7, 11) is 1.65. The minimum Gasteiger partial charge on any atom is -0.497 e. The van der Waals surface area contributed by atoms with Crippen LogP contribution in [0.2, 0.25) is 0 Å². The number of para-hydroxylation sites is 1. The van der Waals surface area contributed by atoms with Crippen LogP contribution < -0.4 is 9.47 Å². The van der Waals surface area contributed by atoms with Crippen LogP contribution in [0, 0.1) is 0 Å². The largest absolute Gasteiger partial charge is 0.497 e. The number of methoxy groups -OCH3 is 1. The van der Waals surface area contributed by atoms with Crippen molar-refractivity contribution in [2.45, 2.75) is 17.9 Å². The highest BCUT2D eigenvalue weighted by Crippen LogP contribution is 2.40. The molecule has 1 aliphatic heterocycles. The van der Waals surface area contributed by atoms with Gasteiger partial charge in [0.05, 0.1) is 12.5 Å². The number of rotatable bonds is 3. The van der Waals surface area contributed by atoms with E-state index in [1.807, 2.05) is 36.4 Å². The van der Waals surface area contributed by atoms with Gasteiger partial charge in [-0.3, -0.25) is 0 Å². The van der Waals surface area contributed by atoms with Crippen molar-refractivity contribution in [2.24, 2.45) is 0 Å². The maximum atomic E-state index is 6.61. The number of hydrogen-bond donors (Lipinski definition) is 0. The van der Waals surface area contributed by atoms with Gasteiger partial charge in [-0.05, 0) is 29.3 Å². The van der Waals surface area contributed by atoms with E-state index in [0.29, 0.717) is 0 Å². The highest BCUT2D eigenvalue weighted by atomic mass is 79.9. The van der Waals surface area contributed by atoms with Gasteiger partial charge < -0.3 is 9.47 Å². The Bertz CT molecular complexity index is 605. The number of ether oxygens (including phenoxy) is 2. The number of fused-ring (bicyclic) bond motifs is 1. The van der Waals surface area contributed by atoms with Crippen LogP contribution in [-0.4, -0.2) is 13.2 Å². The van der Waals surface area contributed by atoms with Crippen molar-refractivity contribution in [3.8, 4) is 11.5 Å². The minimum atomic E-state index is -0.206. The minimum absolute atomic E-state index is 0.0428. The summed E-state index contributed by atoms with van der Waals surface area (Å²) in [5.41, 5.74) is 2.23. The molecule has 1 heterocycles. The second kappa shape index (κ2) is 5.66. The predicted molar refractivity (Wildman–Crippen MR) is 83.9 cm³/mol.